The molecule has 0 aliphatic heterocycles. The molecule has 1 aliphatic carbocycles. The van der Waals surface area contributed by atoms with E-state index in [2.05, 4.69) is 19.2 Å². The summed E-state index contributed by atoms with van der Waals surface area (Å²) in [6, 6.07) is 5.72. The molecular weight excluding hydrogens is 257 g/mol. The van der Waals surface area contributed by atoms with Crippen molar-refractivity contribution in [1.82, 2.24) is 0 Å². The van der Waals surface area contributed by atoms with E-state index in [1.54, 1.807) is 12.1 Å². The lowest BCUT2D eigenvalue weighted by molar-refractivity contribution is -0.132. The van der Waals surface area contributed by atoms with Gasteiger partial charge < -0.3 is 10.4 Å². The van der Waals surface area contributed by atoms with Gasteiger partial charge in [-0.15, -0.1) is 0 Å². The van der Waals surface area contributed by atoms with Crippen LogP contribution in [0.25, 0.3) is 0 Å². The van der Waals surface area contributed by atoms with E-state index in [4.69, 9.17) is 0 Å². The van der Waals surface area contributed by atoms with Gasteiger partial charge in [0.15, 0.2) is 0 Å². The molecule has 0 bridgehead atoms. The Hall–Kier alpha value is -1.42. The molecule has 1 aromatic rings. The minimum Gasteiger partial charge on any atom is -0.393 e. The van der Waals surface area contributed by atoms with Crippen molar-refractivity contribution in [3.05, 3.63) is 30.1 Å². The van der Waals surface area contributed by atoms with Crippen molar-refractivity contribution in [1.29, 1.82) is 0 Å². The van der Waals surface area contributed by atoms with Gasteiger partial charge in [-0.3, -0.25) is 4.79 Å². The Labute approximate surface area is 119 Å². The summed E-state index contributed by atoms with van der Waals surface area (Å²) in [7, 11) is 0. The van der Waals surface area contributed by atoms with Crippen molar-refractivity contribution in [3.63, 3.8) is 0 Å². The van der Waals surface area contributed by atoms with Crippen LogP contribution in [-0.4, -0.2) is 17.1 Å². The third-order valence-electron chi connectivity index (χ3n) is 3.99. The average Bonchev–Trinajstić information content (AvgIpc) is 2.28. The van der Waals surface area contributed by atoms with E-state index >= 15 is 0 Å². The lowest BCUT2D eigenvalue weighted by atomic mass is 9.63. The highest BCUT2D eigenvalue weighted by Gasteiger charge is 2.45. The number of anilines is 1. The van der Waals surface area contributed by atoms with Crippen molar-refractivity contribution in [2.45, 2.75) is 46.1 Å². The van der Waals surface area contributed by atoms with Crippen LogP contribution in [0, 0.1) is 16.6 Å². The largest absolute Gasteiger partial charge is 0.393 e. The fourth-order valence-corrected chi connectivity index (χ4v) is 3.42. The standard InChI is InChI=1S/C16H22FNO2/c1-15(2)8-13(19)9-16(3,10-15)14(20)18-12-6-4-11(17)5-7-12/h4-7,13,19H,8-10H2,1-3H3,(H,18,20). The average molecular weight is 279 g/mol. The fourth-order valence-electron chi connectivity index (χ4n) is 3.42. The van der Waals surface area contributed by atoms with Crippen LogP contribution in [-0.2, 0) is 4.79 Å². The highest BCUT2D eigenvalue weighted by atomic mass is 19.1. The molecule has 1 fully saturated rings. The molecule has 1 aliphatic rings. The third-order valence-corrected chi connectivity index (χ3v) is 3.99. The fraction of sp³-hybridized carbons (Fsp3) is 0.562. The summed E-state index contributed by atoms with van der Waals surface area (Å²) in [5, 5.41) is 12.8. The number of carbonyl (C=O) groups excluding carboxylic acids is 1. The number of aliphatic hydroxyl groups excluding tert-OH is 1. The van der Waals surface area contributed by atoms with Gasteiger partial charge in [0.25, 0.3) is 0 Å². The van der Waals surface area contributed by atoms with Crippen LogP contribution >= 0.6 is 0 Å². The molecule has 2 N–H and O–H groups in total. The molecule has 3 nitrogen and oxygen atoms in total. The lowest BCUT2D eigenvalue weighted by Crippen LogP contribution is -2.45. The zero-order valence-electron chi connectivity index (χ0n) is 12.2. The zero-order chi connectivity index (χ0) is 15.0. The first-order chi connectivity index (χ1) is 9.20. The molecule has 0 aromatic heterocycles. The maximum Gasteiger partial charge on any atom is 0.230 e. The summed E-state index contributed by atoms with van der Waals surface area (Å²) in [5.74, 6) is -0.445. The van der Waals surface area contributed by atoms with Crippen LogP contribution in [0.4, 0.5) is 10.1 Å². The Balaban J connectivity index is 2.12. The first kappa shape index (κ1) is 15.0. The molecule has 4 heteroatoms. The number of rotatable bonds is 2. The molecule has 1 aromatic carbocycles. The van der Waals surface area contributed by atoms with Crippen LogP contribution in [0.3, 0.4) is 0 Å². The smallest absolute Gasteiger partial charge is 0.230 e. The van der Waals surface area contributed by atoms with E-state index in [-0.39, 0.29) is 17.1 Å². The highest BCUT2D eigenvalue weighted by molar-refractivity contribution is 5.95. The predicted molar refractivity (Wildman–Crippen MR) is 76.8 cm³/mol. The molecule has 1 saturated carbocycles. The third kappa shape index (κ3) is 3.37. The number of hydrogen-bond donors (Lipinski definition) is 2. The van der Waals surface area contributed by atoms with E-state index in [1.165, 1.54) is 12.1 Å². The van der Waals surface area contributed by atoms with Crippen LogP contribution in [0.1, 0.15) is 40.0 Å². The number of amides is 1. The molecule has 0 saturated heterocycles. The highest BCUT2D eigenvalue weighted by Crippen LogP contribution is 2.46. The van der Waals surface area contributed by atoms with E-state index in [0.717, 1.165) is 6.42 Å². The van der Waals surface area contributed by atoms with E-state index in [1.807, 2.05) is 6.92 Å². The SMILES string of the molecule is CC1(C)CC(O)CC(C)(C(=O)Nc2ccc(F)cc2)C1. The number of hydrogen-bond acceptors (Lipinski definition) is 2. The topological polar surface area (TPSA) is 49.3 Å². The second-order valence-corrected chi connectivity index (χ2v) is 6.92. The second kappa shape index (κ2) is 5.17. The molecule has 110 valence electrons. The van der Waals surface area contributed by atoms with Crippen LogP contribution in [0.5, 0.6) is 0 Å². The maximum atomic E-state index is 12.9. The monoisotopic (exact) mass is 279 g/mol. The summed E-state index contributed by atoms with van der Waals surface area (Å²) in [6.07, 6.45) is 1.45. The summed E-state index contributed by atoms with van der Waals surface area (Å²) in [6.45, 7) is 6.02. The summed E-state index contributed by atoms with van der Waals surface area (Å²) < 4.78 is 12.9. The van der Waals surface area contributed by atoms with E-state index < -0.39 is 11.5 Å². The molecule has 1 amide bonds. The number of benzene rings is 1. The van der Waals surface area contributed by atoms with Gasteiger partial charge in [0.2, 0.25) is 5.91 Å². The molecule has 0 heterocycles. The van der Waals surface area contributed by atoms with Crippen molar-refractivity contribution in [3.8, 4) is 0 Å². The predicted octanol–water partition coefficient (Wildman–Crippen LogP) is 3.34. The first-order valence-electron chi connectivity index (χ1n) is 6.95. The van der Waals surface area contributed by atoms with Crippen molar-refractivity contribution < 1.29 is 14.3 Å². The lowest BCUT2D eigenvalue weighted by Gasteiger charge is -2.43. The van der Waals surface area contributed by atoms with Gasteiger partial charge in [0, 0.05) is 11.1 Å². The molecule has 2 rings (SSSR count). The molecule has 2 atom stereocenters. The molecular formula is C16H22FNO2. The number of nitrogens with one attached hydrogen (secondary N) is 1. The van der Waals surface area contributed by atoms with Gasteiger partial charge in [0.05, 0.1) is 6.10 Å². The van der Waals surface area contributed by atoms with Crippen molar-refractivity contribution >= 4 is 11.6 Å². The van der Waals surface area contributed by atoms with Gasteiger partial charge in [-0.2, -0.15) is 0 Å². The van der Waals surface area contributed by atoms with Gasteiger partial charge in [-0.25, -0.2) is 4.39 Å². The Kier molecular flexibility index (Phi) is 3.87. The number of carbonyl (C=O) groups is 1. The Morgan fingerprint density at radius 3 is 2.40 bits per heavy atom. The quantitative estimate of drug-likeness (QED) is 0.872. The van der Waals surface area contributed by atoms with E-state index in [0.29, 0.717) is 18.5 Å². The van der Waals surface area contributed by atoms with Crippen LogP contribution in [0.15, 0.2) is 24.3 Å². The number of aliphatic hydroxyl groups is 1. The van der Waals surface area contributed by atoms with Crippen LogP contribution < -0.4 is 5.32 Å². The molecule has 2 unspecified atom stereocenters. The van der Waals surface area contributed by atoms with Gasteiger partial charge in [-0.1, -0.05) is 20.8 Å². The van der Waals surface area contributed by atoms with E-state index in [9.17, 15) is 14.3 Å². The maximum absolute atomic E-state index is 12.9. The first-order valence-corrected chi connectivity index (χ1v) is 6.95. The Morgan fingerprint density at radius 2 is 1.85 bits per heavy atom. The minimum atomic E-state index is -0.602. The Morgan fingerprint density at radius 1 is 1.25 bits per heavy atom. The van der Waals surface area contributed by atoms with Crippen molar-refractivity contribution in [2.75, 3.05) is 5.32 Å². The van der Waals surface area contributed by atoms with Gasteiger partial charge >= 0.3 is 0 Å². The minimum absolute atomic E-state index is 0.0629. The summed E-state index contributed by atoms with van der Waals surface area (Å²) >= 11 is 0. The van der Waals surface area contributed by atoms with Crippen LogP contribution in [0.2, 0.25) is 0 Å². The van der Waals surface area contributed by atoms with Gasteiger partial charge in [-0.05, 0) is 48.9 Å². The molecule has 0 radical (unpaired) electrons. The molecule has 20 heavy (non-hydrogen) atoms. The summed E-state index contributed by atoms with van der Waals surface area (Å²) in [5.41, 5.74) is -0.0854. The molecule has 0 spiro atoms. The summed E-state index contributed by atoms with van der Waals surface area (Å²) in [4.78, 5) is 12.5. The zero-order valence-corrected chi connectivity index (χ0v) is 12.2. The van der Waals surface area contributed by atoms with Crippen molar-refractivity contribution in [2.24, 2.45) is 10.8 Å². The second-order valence-electron chi connectivity index (χ2n) is 6.92. The normalized spacial score (nSPS) is 28.9. The Bertz CT molecular complexity index is 498. The van der Waals surface area contributed by atoms with Gasteiger partial charge in [0.1, 0.15) is 5.82 Å². The number of halogens is 1.